The highest BCUT2D eigenvalue weighted by Gasteiger charge is 2.29. The van der Waals surface area contributed by atoms with Crippen LogP contribution in [0.4, 0.5) is 5.69 Å². The van der Waals surface area contributed by atoms with Gasteiger partial charge in [0.1, 0.15) is 17.2 Å². The summed E-state index contributed by atoms with van der Waals surface area (Å²) in [5, 5.41) is 10.2. The molecule has 2 amide bonds. The third-order valence-corrected chi connectivity index (χ3v) is 6.92. The van der Waals surface area contributed by atoms with E-state index in [1.807, 2.05) is 0 Å². The summed E-state index contributed by atoms with van der Waals surface area (Å²) in [5.74, 6) is -0.524. The molecule has 174 valence electrons. The lowest BCUT2D eigenvalue weighted by Crippen LogP contribution is -2.35. The van der Waals surface area contributed by atoms with Gasteiger partial charge in [-0.05, 0) is 38.0 Å². The van der Waals surface area contributed by atoms with Gasteiger partial charge in [0.15, 0.2) is 5.69 Å². The van der Waals surface area contributed by atoms with Gasteiger partial charge in [0.2, 0.25) is 15.9 Å². The molecule has 1 aliphatic rings. The highest BCUT2D eigenvalue weighted by atomic mass is 32.2. The van der Waals surface area contributed by atoms with Crippen molar-refractivity contribution in [3.05, 3.63) is 30.1 Å². The SMILES string of the molecule is CCOc1ccc(NC(=O)c2cn(CC(=O)N(C)C)nn2)cc1S(=O)(=O)N1CCCCC1. The number of nitrogens with zero attached hydrogens (tertiary/aromatic N) is 5. The molecule has 0 aliphatic carbocycles. The first-order valence-corrected chi connectivity index (χ1v) is 11.8. The lowest BCUT2D eigenvalue weighted by atomic mass is 10.2. The maximum absolute atomic E-state index is 13.2. The van der Waals surface area contributed by atoms with Gasteiger partial charge in [0.25, 0.3) is 5.91 Å². The second-order valence-electron chi connectivity index (χ2n) is 7.60. The van der Waals surface area contributed by atoms with E-state index in [9.17, 15) is 18.0 Å². The highest BCUT2D eigenvalue weighted by Crippen LogP contribution is 2.31. The molecule has 1 aromatic carbocycles. The summed E-state index contributed by atoms with van der Waals surface area (Å²) >= 11 is 0. The fourth-order valence-electron chi connectivity index (χ4n) is 3.26. The third-order valence-electron chi connectivity index (χ3n) is 5.00. The molecule has 0 spiro atoms. The van der Waals surface area contributed by atoms with Crippen molar-refractivity contribution in [3.8, 4) is 5.75 Å². The molecule has 0 saturated carbocycles. The maximum atomic E-state index is 13.2. The molecule has 1 N–H and O–H groups in total. The zero-order valence-corrected chi connectivity index (χ0v) is 19.3. The first-order valence-electron chi connectivity index (χ1n) is 10.4. The van der Waals surface area contributed by atoms with Crippen molar-refractivity contribution in [3.63, 3.8) is 0 Å². The van der Waals surface area contributed by atoms with Crippen molar-refractivity contribution >= 4 is 27.5 Å². The molecule has 11 nitrogen and oxygen atoms in total. The Bertz CT molecular complexity index is 1080. The van der Waals surface area contributed by atoms with Crippen molar-refractivity contribution in [2.45, 2.75) is 37.6 Å². The normalized spacial score (nSPS) is 14.7. The van der Waals surface area contributed by atoms with Crippen LogP contribution in [0.15, 0.2) is 29.3 Å². The zero-order chi connectivity index (χ0) is 23.3. The van der Waals surface area contributed by atoms with E-state index >= 15 is 0 Å². The van der Waals surface area contributed by atoms with Crippen LogP contribution in [0.5, 0.6) is 5.75 Å². The van der Waals surface area contributed by atoms with Crippen molar-refractivity contribution in [1.29, 1.82) is 0 Å². The number of rotatable bonds is 8. The average Bonchev–Trinajstić information content (AvgIpc) is 3.24. The second-order valence-corrected chi connectivity index (χ2v) is 9.51. The largest absolute Gasteiger partial charge is 0.492 e. The summed E-state index contributed by atoms with van der Waals surface area (Å²) in [7, 11) is -0.534. The molecule has 2 heterocycles. The lowest BCUT2D eigenvalue weighted by Gasteiger charge is -2.27. The molecule has 0 unspecified atom stereocenters. The number of nitrogens with one attached hydrogen (secondary N) is 1. The Balaban J connectivity index is 1.81. The molecule has 12 heteroatoms. The van der Waals surface area contributed by atoms with Gasteiger partial charge in [-0.2, -0.15) is 4.31 Å². The van der Waals surface area contributed by atoms with Gasteiger partial charge in [-0.25, -0.2) is 13.1 Å². The van der Waals surface area contributed by atoms with Crippen molar-refractivity contribution in [2.75, 3.05) is 39.1 Å². The minimum atomic E-state index is -3.77. The minimum absolute atomic E-state index is 0.00544. The quantitative estimate of drug-likeness (QED) is 0.622. The van der Waals surface area contributed by atoms with E-state index in [4.69, 9.17) is 4.74 Å². The van der Waals surface area contributed by atoms with Crippen LogP contribution in [-0.2, 0) is 21.4 Å². The Morgan fingerprint density at radius 2 is 1.91 bits per heavy atom. The third kappa shape index (κ3) is 5.43. The number of piperidine rings is 1. The molecule has 1 aromatic heterocycles. The van der Waals surface area contributed by atoms with Gasteiger partial charge in [-0.15, -0.1) is 5.10 Å². The summed E-state index contributed by atoms with van der Waals surface area (Å²) in [5.41, 5.74) is 0.291. The molecule has 32 heavy (non-hydrogen) atoms. The molecule has 3 rings (SSSR count). The van der Waals surface area contributed by atoms with Gasteiger partial charge >= 0.3 is 0 Å². The molecule has 1 saturated heterocycles. The van der Waals surface area contributed by atoms with Crippen LogP contribution in [0.2, 0.25) is 0 Å². The van der Waals surface area contributed by atoms with E-state index in [2.05, 4.69) is 15.6 Å². The number of carbonyl (C=O) groups excluding carboxylic acids is 2. The van der Waals surface area contributed by atoms with Gasteiger partial charge in [-0.1, -0.05) is 11.6 Å². The summed E-state index contributed by atoms with van der Waals surface area (Å²) in [6.45, 7) is 2.95. The Morgan fingerprint density at radius 1 is 1.19 bits per heavy atom. The summed E-state index contributed by atoms with van der Waals surface area (Å²) < 4.78 is 34.7. The molecule has 0 atom stereocenters. The van der Waals surface area contributed by atoms with Gasteiger partial charge in [0.05, 0.1) is 12.8 Å². The Hall–Kier alpha value is -2.99. The van der Waals surface area contributed by atoms with E-state index in [-0.39, 0.29) is 34.5 Å². The number of carbonyl (C=O) groups is 2. The number of sulfonamides is 1. The molecule has 1 aliphatic heterocycles. The van der Waals surface area contributed by atoms with Crippen molar-refractivity contribution in [2.24, 2.45) is 0 Å². The zero-order valence-electron chi connectivity index (χ0n) is 18.4. The molecular formula is C20H28N6O5S. The first-order chi connectivity index (χ1) is 15.2. The van der Waals surface area contributed by atoms with Crippen LogP contribution in [0, 0.1) is 0 Å². The monoisotopic (exact) mass is 464 g/mol. The summed E-state index contributed by atoms with van der Waals surface area (Å²) in [6, 6.07) is 4.49. The predicted molar refractivity (Wildman–Crippen MR) is 117 cm³/mol. The van der Waals surface area contributed by atoms with Crippen LogP contribution < -0.4 is 10.1 Å². The molecular weight excluding hydrogens is 436 g/mol. The second kappa shape index (κ2) is 10.1. The van der Waals surface area contributed by atoms with Crippen LogP contribution in [0.3, 0.4) is 0 Å². The Morgan fingerprint density at radius 3 is 2.56 bits per heavy atom. The lowest BCUT2D eigenvalue weighted by molar-refractivity contribution is -0.129. The standard InChI is InChI=1S/C20H28N6O5S/c1-4-31-17-9-8-15(12-18(17)32(29,30)26-10-6-5-7-11-26)21-20(28)16-13-25(23-22-16)14-19(27)24(2)3/h8-9,12-13H,4-7,10-11,14H2,1-3H3,(H,21,28). The van der Waals surface area contributed by atoms with E-state index in [0.717, 1.165) is 19.3 Å². The van der Waals surface area contributed by atoms with E-state index in [1.54, 1.807) is 27.1 Å². The smallest absolute Gasteiger partial charge is 0.277 e. The molecule has 2 aromatic rings. The number of anilines is 1. The molecule has 1 fully saturated rings. The molecule has 0 bridgehead atoms. The summed E-state index contributed by atoms with van der Waals surface area (Å²) in [6.07, 6.45) is 3.98. The van der Waals surface area contributed by atoms with Crippen molar-refractivity contribution in [1.82, 2.24) is 24.2 Å². The molecule has 0 radical (unpaired) electrons. The average molecular weight is 465 g/mol. The number of hydrogen-bond donors (Lipinski definition) is 1. The van der Waals surface area contributed by atoms with E-state index in [1.165, 1.54) is 32.2 Å². The van der Waals surface area contributed by atoms with Gasteiger partial charge in [0, 0.05) is 32.9 Å². The topological polar surface area (TPSA) is 127 Å². The minimum Gasteiger partial charge on any atom is -0.492 e. The Kier molecular flexibility index (Phi) is 7.46. The van der Waals surface area contributed by atoms with Gasteiger partial charge < -0.3 is 15.0 Å². The number of ether oxygens (including phenoxy) is 1. The van der Waals surface area contributed by atoms with Crippen molar-refractivity contribution < 1.29 is 22.7 Å². The van der Waals surface area contributed by atoms with Crippen LogP contribution in [0.1, 0.15) is 36.7 Å². The predicted octanol–water partition coefficient (Wildman–Crippen LogP) is 1.19. The summed E-state index contributed by atoms with van der Waals surface area (Å²) in [4.78, 5) is 25.8. The Labute approximate surface area is 187 Å². The number of benzene rings is 1. The number of amides is 2. The van der Waals surface area contributed by atoms with E-state index < -0.39 is 15.9 Å². The maximum Gasteiger partial charge on any atom is 0.277 e. The number of likely N-dealkylation sites (N-methyl/N-ethyl adjacent to an activating group) is 1. The van der Waals surface area contributed by atoms with Crippen LogP contribution in [0.25, 0.3) is 0 Å². The number of hydrogen-bond acceptors (Lipinski definition) is 7. The first kappa shape index (κ1) is 23.7. The number of aromatic nitrogens is 3. The van der Waals surface area contributed by atoms with Gasteiger partial charge in [-0.3, -0.25) is 9.59 Å². The highest BCUT2D eigenvalue weighted by molar-refractivity contribution is 7.89. The van der Waals surface area contributed by atoms with Crippen LogP contribution >= 0.6 is 0 Å². The van der Waals surface area contributed by atoms with E-state index in [0.29, 0.717) is 19.7 Å². The fraction of sp³-hybridized carbons (Fsp3) is 0.500. The van der Waals surface area contributed by atoms with Crippen LogP contribution in [-0.4, -0.2) is 78.2 Å². The fourth-order valence-corrected chi connectivity index (χ4v) is 4.94.